The Morgan fingerprint density at radius 1 is 1.22 bits per heavy atom. The second kappa shape index (κ2) is 6.37. The molecule has 3 atom stereocenters. The van der Waals surface area contributed by atoms with E-state index in [0.717, 1.165) is 0 Å². The third kappa shape index (κ3) is 3.84. The molecular weight excluding hydrogens is 320 g/mol. The van der Waals surface area contributed by atoms with Crippen LogP contribution in [-0.2, 0) is 14.8 Å². The summed E-state index contributed by atoms with van der Waals surface area (Å²) in [4.78, 5) is 25.4. The number of amides is 3. The molecule has 3 unspecified atom stereocenters. The monoisotopic (exact) mass is 344 g/mol. The molecule has 23 heavy (non-hydrogen) atoms. The highest BCUT2D eigenvalue weighted by atomic mass is 32.2. The number of carbonyl (C=O) groups excluding carboxylic acids is 2. The molecule has 1 heterocycles. The van der Waals surface area contributed by atoms with Gasteiger partial charge in [-0.2, -0.15) is 0 Å². The van der Waals surface area contributed by atoms with Gasteiger partial charge in [0.15, 0.2) is 0 Å². The summed E-state index contributed by atoms with van der Waals surface area (Å²) in [7, 11) is -1.44. The molecule has 0 radical (unpaired) electrons. The van der Waals surface area contributed by atoms with Crippen LogP contribution in [0.4, 0.5) is 4.79 Å². The van der Waals surface area contributed by atoms with Gasteiger partial charge in [0.25, 0.3) is 0 Å². The first kappa shape index (κ1) is 16.7. The fourth-order valence-corrected chi connectivity index (χ4v) is 4.98. The van der Waals surface area contributed by atoms with Crippen molar-refractivity contribution in [2.45, 2.75) is 49.4 Å². The van der Waals surface area contributed by atoms with E-state index in [1.807, 2.05) is 7.05 Å². The largest absolute Gasteiger partial charge is 0.334 e. The molecule has 0 aromatic carbocycles. The molecule has 1 saturated heterocycles. The summed E-state index contributed by atoms with van der Waals surface area (Å²) in [5, 5.41) is 4.35. The summed E-state index contributed by atoms with van der Waals surface area (Å²) in [6.07, 6.45) is 3.61. The van der Waals surface area contributed by atoms with Crippen molar-refractivity contribution in [3.63, 3.8) is 0 Å². The van der Waals surface area contributed by atoms with Gasteiger partial charge in [-0.1, -0.05) is 0 Å². The highest BCUT2D eigenvalue weighted by Crippen LogP contribution is 2.30. The van der Waals surface area contributed by atoms with Crippen LogP contribution in [0.25, 0.3) is 0 Å². The number of nitrogens with zero attached hydrogens (tertiary/aromatic N) is 1. The highest BCUT2D eigenvalue weighted by molar-refractivity contribution is 7.90. The third-order valence-electron chi connectivity index (χ3n) is 5.07. The molecule has 3 fully saturated rings. The standard InChI is InChI=1S/C14H24N4O4S/c1-18(9-2-3-9)7-6-15-23(21,22)10-4-5-12-11(8-10)13(19)17-14(20)16-12/h9-12,15H,2-8H2,1H3,(H2,16,17,19,20). The lowest BCUT2D eigenvalue weighted by Gasteiger charge is -2.38. The molecule has 8 nitrogen and oxygen atoms in total. The Labute approximate surface area is 136 Å². The molecule has 0 bridgehead atoms. The quantitative estimate of drug-likeness (QED) is 0.595. The Kier molecular flexibility index (Phi) is 4.61. The van der Waals surface area contributed by atoms with E-state index in [9.17, 15) is 18.0 Å². The zero-order valence-corrected chi connectivity index (χ0v) is 14.1. The Morgan fingerprint density at radius 3 is 2.65 bits per heavy atom. The van der Waals surface area contributed by atoms with Crippen molar-refractivity contribution < 1.29 is 18.0 Å². The Morgan fingerprint density at radius 2 is 1.96 bits per heavy atom. The summed E-state index contributed by atoms with van der Waals surface area (Å²) >= 11 is 0. The molecule has 2 saturated carbocycles. The minimum absolute atomic E-state index is 0.247. The fourth-order valence-electron chi connectivity index (χ4n) is 3.47. The van der Waals surface area contributed by atoms with Crippen molar-refractivity contribution in [1.29, 1.82) is 0 Å². The van der Waals surface area contributed by atoms with Gasteiger partial charge < -0.3 is 10.2 Å². The van der Waals surface area contributed by atoms with Crippen LogP contribution in [0.3, 0.4) is 0 Å². The molecule has 3 amide bonds. The van der Waals surface area contributed by atoms with Crippen LogP contribution in [-0.4, -0.2) is 62.7 Å². The van der Waals surface area contributed by atoms with Gasteiger partial charge in [-0.15, -0.1) is 0 Å². The number of likely N-dealkylation sites (N-methyl/N-ethyl adjacent to an activating group) is 1. The van der Waals surface area contributed by atoms with Gasteiger partial charge in [0, 0.05) is 25.2 Å². The number of carbonyl (C=O) groups is 2. The molecule has 0 spiro atoms. The zero-order chi connectivity index (χ0) is 16.6. The normalized spacial score (nSPS) is 31.5. The van der Waals surface area contributed by atoms with E-state index < -0.39 is 27.2 Å². The lowest BCUT2D eigenvalue weighted by Crippen LogP contribution is -2.61. The van der Waals surface area contributed by atoms with Crippen LogP contribution in [0.15, 0.2) is 0 Å². The van der Waals surface area contributed by atoms with Gasteiger partial charge >= 0.3 is 6.03 Å². The van der Waals surface area contributed by atoms with E-state index in [0.29, 0.717) is 32.0 Å². The van der Waals surface area contributed by atoms with Crippen LogP contribution in [0.1, 0.15) is 32.1 Å². The number of sulfonamides is 1. The van der Waals surface area contributed by atoms with Crippen molar-refractivity contribution >= 4 is 22.0 Å². The number of hydrogen-bond donors (Lipinski definition) is 3. The average Bonchev–Trinajstić information content (AvgIpc) is 3.31. The predicted octanol–water partition coefficient (Wildman–Crippen LogP) is -0.623. The molecule has 3 rings (SSSR count). The first-order chi connectivity index (χ1) is 10.9. The SMILES string of the molecule is CN(CCNS(=O)(=O)C1CCC2NC(=O)NC(=O)C2C1)C1CC1. The Hall–Kier alpha value is -1.19. The third-order valence-corrected chi connectivity index (χ3v) is 6.98. The van der Waals surface area contributed by atoms with Crippen LogP contribution < -0.4 is 15.4 Å². The molecule has 1 aliphatic heterocycles. The summed E-state index contributed by atoms with van der Waals surface area (Å²) < 4.78 is 27.6. The van der Waals surface area contributed by atoms with Crippen molar-refractivity contribution in [3.05, 3.63) is 0 Å². The zero-order valence-electron chi connectivity index (χ0n) is 13.2. The minimum atomic E-state index is -3.44. The average molecular weight is 344 g/mol. The van der Waals surface area contributed by atoms with Crippen LogP contribution >= 0.6 is 0 Å². The highest BCUT2D eigenvalue weighted by Gasteiger charge is 2.43. The van der Waals surface area contributed by atoms with E-state index in [4.69, 9.17) is 0 Å². The molecule has 3 N–H and O–H groups in total. The maximum Gasteiger partial charge on any atom is 0.321 e. The number of hydrogen-bond acceptors (Lipinski definition) is 5. The second-order valence-electron chi connectivity index (χ2n) is 6.76. The summed E-state index contributed by atoms with van der Waals surface area (Å²) in [5.74, 6) is -0.829. The van der Waals surface area contributed by atoms with Crippen molar-refractivity contribution in [3.8, 4) is 0 Å². The first-order valence-corrected chi connectivity index (χ1v) is 9.71. The molecule has 3 aliphatic rings. The van der Waals surface area contributed by atoms with Gasteiger partial charge in [-0.05, 0) is 39.2 Å². The van der Waals surface area contributed by atoms with Gasteiger partial charge in [-0.3, -0.25) is 10.1 Å². The smallest absolute Gasteiger partial charge is 0.321 e. The van der Waals surface area contributed by atoms with Gasteiger partial charge in [0.05, 0.1) is 11.2 Å². The predicted molar refractivity (Wildman–Crippen MR) is 84.2 cm³/mol. The number of imide groups is 1. The summed E-state index contributed by atoms with van der Waals surface area (Å²) in [6, 6.07) is -0.132. The number of nitrogens with one attached hydrogen (secondary N) is 3. The maximum absolute atomic E-state index is 12.4. The van der Waals surface area contributed by atoms with Crippen molar-refractivity contribution in [2.24, 2.45) is 5.92 Å². The topological polar surface area (TPSA) is 108 Å². The van der Waals surface area contributed by atoms with E-state index in [-0.39, 0.29) is 18.4 Å². The number of urea groups is 1. The second-order valence-corrected chi connectivity index (χ2v) is 8.81. The molecule has 0 aromatic heterocycles. The number of fused-ring (bicyclic) bond motifs is 1. The lowest BCUT2D eigenvalue weighted by atomic mass is 9.82. The van der Waals surface area contributed by atoms with Gasteiger partial charge in [0.2, 0.25) is 15.9 Å². The molecule has 9 heteroatoms. The fraction of sp³-hybridized carbons (Fsp3) is 0.857. The van der Waals surface area contributed by atoms with E-state index >= 15 is 0 Å². The van der Waals surface area contributed by atoms with Crippen LogP contribution in [0.5, 0.6) is 0 Å². The minimum Gasteiger partial charge on any atom is -0.334 e. The van der Waals surface area contributed by atoms with Crippen LogP contribution in [0.2, 0.25) is 0 Å². The first-order valence-electron chi connectivity index (χ1n) is 8.17. The van der Waals surface area contributed by atoms with Crippen molar-refractivity contribution in [1.82, 2.24) is 20.3 Å². The molecule has 0 aromatic rings. The molecular formula is C14H24N4O4S. The maximum atomic E-state index is 12.4. The summed E-state index contributed by atoms with van der Waals surface area (Å²) in [5.41, 5.74) is 0. The number of rotatable bonds is 6. The van der Waals surface area contributed by atoms with Gasteiger partial charge in [0.1, 0.15) is 0 Å². The molecule has 2 aliphatic carbocycles. The summed E-state index contributed by atoms with van der Waals surface area (Å²) in [6.45, 7) is 1.09. The lowest BCUT2D eigenvalue weighted by molar-refractivity contribution is -0.126. The molecule has 130 valence electrons. The van der Waals surface area contributed by atoms with Gasteiger partial charge in [-0.25, -0.2) is 17.9 Å². The Bertz CT molecular complexity index is 590. The van der Waals surface area contributed by atoms with Crippen LogP contribution in [0, 0.1) is 5.92 Å². The Balaban J connectivity index is 1.53. The van der Waals surface area contributed by atoms with Crippen molar-refractivity contribution in [2.75, 3.05) is 20.1 Å². The van der Waals surface area contributed by atoms with E-state index in [2.05, 4.69) is 20.3 Å². The van der Waals surface area contributed by atoms with E-state index in [1.54, 1.807) is 0 Å². The van der Waals surface area contributed by atoms with E-state index in [1.165, 1.54) is 12.8 Å².